The maximum absolute atomic E-state index is 11.3. The van der Waals surface area contributed by atoms with Crippen LogP contribution in [0.25, 0.3) is 0 Å². The van der Waals surface area contributed by atoms with Gasteiger partial charge in [0.05, 0.1) is 5.92 Å². The van der Waals surface area contributed by atoms with Gasteiger partial charge in [0.15, 0.2) is 0 Å². The number of cyclic esters (lactones) is 1. The van der Waals surface area contributed by atoms with Crippen LogP contribution in [0.5, 0.6) is 0 Å². The van der Waals surface area contributed by atoms with Crippen LogP contribution in [-0.4, -0.2) is 12.1 Å². The molecule has 2 fully saturated rings. The predicted octanol–water partition coefficient (Wildman–Crippen LogP) is 1.84. The number of rotatable bonds is 1. The molecule has 0 aromatic carbocycles. The van der Waals surface area contributed by atoms with Crippen molar-refractivity contribution in [2.45, 2.75) is 33.8 Å². The maximum atomic E-state index is 11.3. The minimum absolute atomic E-state index is 0.0312. The summed E-state index contributed by atoms with van der Waals surface area (Å²) in [5, 5.41) is 0. The van der Waals surface area contributed by atoms with Gasteiger partial charge in [-0.2, -0.15) is 0 Å². The third-order valence-corrected chi connectivity index (χ3v) is 3.43. The van der Waals surface area contributed by atoms with Gasteiger partial charge in [-0.25, -0.2) is 0 Å². The lowest BCUT2D eigenvalue weighted by Crippen LogP contribution is -2.24. The van der Waals surface area contributed by atoms with E-state index in [-0.39, 0.29) is 23.4 Å². The lowest BCUT2D eigenvalue weighted by atomic mass is 9.97. The molecule has 1 heterocycles. The van der Waals surface area contributed by atoms with Crippen LogP contribution in [0.15, 0.2) is 0 Å². The van der Waals surface area contributed by atoms with Gasteiger partial charge < -0.3 is 4.74 Å². The van der Waals surface area contributed by atoms with Crippen molar-refractivity contribution in [3.05, 3.63) is 0 Å². The van der Waals surface area contributed by atoms with E-state index in [2.05, 4.69) is 27.7 Å². The Balaban J connectivity index is 2.19. The molecule has 2 nitrogen and oxygen atoms in total. The molecule has 3 atom stereocenters. The number of esters is 1. The van der Waals surface area contributed by atoms with Crippen molar-refractivity contribution in [3.63, 3.8) is 0 Å². The number of fused-ring (bicyclic) bond motifs is 1. The van der Waals surface area contributed by atoms with Crippen LogP contribution < -0.4 is 0 Å². The Morgan fingerprint density at radius 3 is 2.25 bits per heavy atom. The molecule has 0 N–H and O–H groups in total. The molecule has 0 amide bonds. The quantitative estimate of drug-likeness (QED) is 0.558. The highest BCUT2D eigenvalue weighted by atomic mass is 16.6. The Bertz CT molecular complexity index is 230. The molecular weight excluding hydrogens is 152 g/mol. The molecule has 1 aliphatic carbocycles. The molecule has 0 aromatic rings. The summed E-state index contributed by atoms with van der Waals surface area (Å²) >= 11 is 0. The Hall–Kier alpha value is -0.530. The molecule has 1 aliphatic heterocycles. The summed E-state index contributed by atoms with van der Waals surface area (Å²) in [6.07, 6.45) is 0.178. The van der Waals surface area contributed by atoms with Crippen molar-refractivity contribution in [3.8, 4) is 0 Å². The van der Waals surface area contributed by atoms with E-state index >= 15 is 0 Å². The molecular formula is C10H16O2. The Labute approximate surface area is 73.3 Å². The summed E-state index contributed by atoms with van der Waals surface area (Å²) in [5.41, 5.74) is 0.213. The van der Waals surface area contributed by atoms with E-state index in [0.29, 0.717) is 11.8 Å². The third-order valence-electron chi connectivity index (χ3n) is 3.43. The minimum atomic E-state index is 0.0312. The molecule has 0 radical (unpaired) electrons. The van der Waals surface area contributed by atoms with Crippen molar-refractivity contribution < 1.29 is 9.53 Å². The van der Waals surface area contributed by atoms with Gasteiger partial charge in [-0.1, -0.05) is 27.7 Å². The second kappa shape index (κ2) is 2.04. The number of ether oxygens (including phenoxy) is 1. The van der Waals surface area contributed by atoms with E-state index < -0.39 is 0 Å². The third kappa shape index (κ3) is 0.782. The van der Waals surface area contributed by atoms with E-state index in [9.17, 15) is 4.79 Å². The first-order valence-corrected chi connectivity index (χ1v) is 4.66. The second-order valence-electron chi connectivity index (χ2n) is 4.97. The number of hydrogen-bond acceptors (Lipinski definition) is 2. The summed E-state index contributed by atoms with van der Waals surface area (Å²) in [5.74, 6) is 1.18. The zero-order chi connectivity index (χ0) is 9.09. The second-order valence-corrected chi connectivity index (χ2v) is 4.97. The first kappa shape index (κ1) is 8.09. The van der Waals surface area contributed by atoms with Crippen LogP contribution in [0.4, 0.5) is 0 Å². The molecule has 0 aromatic heterocycles. The van der Waals surface area contributed by atoms with E-state index in [1.165, 1.54) is 0 Å². The van der Waals surface area contributed by atoms with Gasteiger partial charge in [0.2, 0.25) is 0 Å². The highest BCUT2D eigenvalue weighted by Crippen LogP contribution is 2.65. The molecule has 1 saturated heterocycles. The van der Waals surface area contributed by atoms with Crippen molar-refractivity contribution >= 4 is 5.97 Å². The highest BCUT2D eigenvalue weighted by Gasteiger charge is 2.71. The van der Waals surface area contributed by atoms with Gasteiger partial charge in [0.25, 0.3) is 0 Å². The van der Waals surface area contributed by atoms with Crippen LogP contribution in [-0.2, 0) is 9.53 Å². The van der Waals surface area contributed by atoms with Crippen LogP contribution in [0.2, 0.25) is 0 Å². The Morgan fingerprint density at radius 2 is 2.00 bits per heavy atom. The largest absolute Gasteiger partial charge is 0.462 e. The standard InChI is InChI=1S/C10H16O2/c1-5(2)8-6-7(9(11)12-8)10(6,3)4/h5-8H,1-4H3/t6-,7+,8+/m1/s1. The number of hydrogen-bond donors (Lipinski definition) is 0. The zero-order valence-electron chi connectivity index (χ0n) is 8.13. The first-order chi connectivity index (χ1) is 5.46. The van der Waals surface area contributed by atoms with E-state index in [1.807, 2.05) is 0 Å². The summed E-state index contributed by atoms with van der Waals surface area (Å²) in [7, 11) is 0. The van der Waals surface area contributed by atoms with Crippen molar-refractivity contribution in [2.24, 2.45) is 23.2 Å². The van der Waals surface area contributed by atoms with E-state index in [1.54, 1.807) is 0 Å². The molecule has 12 heavy (non-hydrogen) atoms. The lowest BCUT2D eigenvalue weighted by molar-refractivity contribution is -0.149. The smallest absolute Gasteiger partial charge is 0.310 e. The normalized spacial score (nSPS) is 42.8. The molecule has 2 heteroatoms. The fraction of sp³-hybridized carbons (Fsp3) is 0.900. The number of carbonyl (C=O) groups is 1. The Morgan fingerprint density at radius 1 is 1.42 bits per heavy atom. The lowest BCUT2D eigenvalue weighted by Gasteiger charge is -2.20. The van der Waals surface area contributed by atoms with Gasteiger partial charge >= 0.3 is 5.97 Å². The molecule has 2 aliphatic rings. The molecule has 1 saturated carbocycles. The van der Waals surface area contributed by atoms with Crippen LogP contribution in [0.3, 0.4) is 0 Å². The highest BCUT2D eigenvalue weighted by molar-refractivity contribution is 5.80. The molecule has 68 valence electrons. The van der Waals surface area contributed by atoms with Gasteiger partial charge in [-0.3, -0.25) is 4.79 Å². The summed E-state index contributed by atoms with van der Waals surface area (Å²) in [4.78, 5) is 11.3. The van der Waals surface area contributed by atoms with Crippen molar-refractivity contribution in [1.82, 2.24) is 0 Å². The monoisotopic (exact) mass is 168 g/mol. The maximum Gasteiger partial charge on any atom is 0.310 e. The molecule has 2 rings (SSSR count). The topological polar surface area (TPSA) is 26.3 Å². The van der Waals surface area contributed by atoms with Gasteiger partial charge in [0, 0.05) is 5.92 Å². The molecule has 0 bridgehead atoms. The summed E-state index contributed by atoms with van der Waals surface area (Å²) < 4.78 is 5.28. The predicted molar refractivity (Wildman–Crippen MR) is 45.5 cm³/mol. The average Bonchev–Trinajstić information content (AvgIpc) is 2.37. The number of carbonyl (C=O) groups excluding carboxylic acids is 1. The molecule has 0 unspecified atom stereocenters. The van der Waals surface area contributed by atoms with Gasteiger partial charge in [-0.15, -0.1) is 0 Å². The first-order valence-electron chi connectivity index (χ1n) is 4.66. The fourth-order valence-electron chi connectivity index (χ4n) is 2.57. The Kier molecular flexibility index (Phi) is 1.37. The van der Waals surface area contributed by atoms with Crippen LogP contribution in [0, 0.1) is 23.2 Å². The van der Waals surface area contributed by atoms with E-state index in [4.69, 9.17) is 4.74 Å². The average molecular weight is 168 g/mol. The van der Waals surface area contributed by atoms with Gasteiger partial charge in [-0.05, 0) is 11.3 Å². The van der Waals surface area contributed by atoms with Crippen LogP contribution in [0.1, 0.15) is 27.7 Å². The SMILES string of the molecule is CC(C)[C@@H]1OC(=O)[C@@H]2[C@H]1C2(C)C. The van der Waals surface area contributed by atoms with Gasteiger partial charge in [0.1, 0.15) is 6.10 Å². The van der Waals surface area contributed by atoms with E-state index in [0.717, 1.165) is 0 Å². The molecule has 0 spiro atoms. The summed E-state index contributed by atoms with van der Waals surface area (Å²) in [6.45, 7) is 8.57. The zero-order valence-corrected chi connectivity index (χ0v) is 8.13. The van der Waals surface area contributed by atoms with Crippen molar-refractivity contribution in [1.29, 1.82) is 0 Å². The summed E-state index contributed by atoms with van der Waals surface area (Å²) in [6, 6.07) is 0. The van der Waals surface area contributed by atoms with Crippen LogP contribution >= 0.6 is 0 Å². The minimum Gasteiger partial charge on any atom is -0.462 e. The van der Waals surface area contributed by atoms with Crippen molar-refractivity contribution in [2.75, 3.05) is 0 Å². The fourth-order valence-corrected chi connectivity index (χ4v) is 2.57.